The lowest BCUT2D eigenvalue weighted by atomic mass is 9.55. The SMILES string of the molecule is C=CN.CC12CCC3c4ccc5[nH]ncc5c4CCC3C1CCC2O. The zero-order valence-corrected chi connectivity index (χ0v) is 15.0. The van der Waals surface area contributed by atoms with Crippen LogP contribution in [0, 0.1) is 17.3 Å². The van der Waals surface area contributed by atoms with E-state index in [1.165, 1.54) is 54.8 Å². The van der Waals surface area contributed by atoms with E-state index in [1.807, 2.05) is 6.20 Å². The second kappa shape index (κ2) is 6.17. The van der Waals surface area contributed by atoms with Crippen LogP contribution in [0.15, 0.2) is 31.1 Å². The lowest BCUT2D eigenvalue weighted by molar-refractivity contribution is -0.0225. The van der Waals surface area contributed by atoms with Gasteiger partial charge in [-0.2, -0.15) is 5.10 Å². The molecular weight excluding hydrogens is 310 g/mol. The molecule has 0 aliphatic heterocycles. The number of hydrogen-bond donors (Lipinski definition) is 3. The summed E-state index contributed by atoms with van der Waals surface area (Å²) in [5.41, 5.74) is 9.08. The van der Waals surface area contributed by atoms with E-state index >= 15 is 0 Å². The fourth-order valence-electron chi connectivity index (χ4n) is 6.08. The standard InChI is InChI=1S/C19H24N2O.C2H5N/c1-19-9-8-13-11-4-6-17-15(10-20-21-17)12(11)2-3-14(13)16(19)5-7-18(19)22;1-2-3/h4,6,10,13-14,16,18,22H,2-3,5,7-9H2,1H3,(H,20,21);2H,1,3H2. The maximum absolute atomic E-state index is 10.5. The molecule has 1 heterocycles. The summed E-state index contributed by atoms with van der Waals surface area (Å²) in [6.45, 7) is 5.49. The molecule has 0 bridgehead atoms. The highest BCUT2D eigenvalue weighted by atomic mass is 16.3. The number of rotatable bonds is 0. The molecule has 1 aromatic carbocycles. The molecule has 1 aromatic heterocycles. The van der Waals surface area contributed by atoms with Crippen LogP contribution in [0.5, 0.6) is 0 Å². The second-order valence-corrected chi connectivity index (χ2v) is 8.25. The first-order valence-electron chi connectivity index (χ1n) is 9.55. The number of aromatic nitrogens is 2. The van der Waals surface area contributed by atoms with Crippen molar-refractivity contribution in [1.82, 2.24) is 10.2 Å². The summed E-state index contributed by atoms with van der Waals surface area (Å²) in [6, 6.07) is 4.56. The predicted molar refractivity (Wildman–Crippen MR) is 101 cm³/mol. The summed E-state index contributed by atoms with van der Waals surface area (Å²) in [4.78, 5) is 0. The molecule has 0 spiro atoms. The molecule has 4 nitrogen and oxygen atoms in total. The monoisotopic (exact) mass is 339 g/mol. The number of aryl methyl sites for hydroxylation is 1. The van der Waals surface area contributed by atoms with Crippen molar-refractivity contribution in [3.63, 3.8) is 0 Å². The highest BCUT2D eigenvalue weighted by molar-refractivity contribution is 5.83. The minimum absolute atomic E-state index is 0.0730. The van der Waals surface area contributed by atoms with Gasteiger partial charge in [0, 0.05) is 5.39 Å². The van der Waals surface area contributed by atoms with E-state index < -0.39 is 0 Å². The summed E-state index contributed by atoms with van der Waals surface area (Å²) in [7, 11) is 0. The number of benzene rings is 1. The maximum Gasteiger partial charge on any atom is 0.0653 e. The van der Waals surface area contributed by atoms with Crippen molar-refractivity contribution in [3.05, 3.63) is 42.2 Å². The Bertz CT molecular complexity index is 783. The zero-order valence-electron chi connectivity index (χ0n) is 15.0. The third-order valence-electron chi connectivity index (χ3n) is 7.29. The summed E-state index contributed by atoms with van der Waals surface area (Å²) in [5.74, 6) is 2.19. The molecule has 0 saturated heterocycles. The highest BCUT2D eigenvalue weighted by Gasteiger charge is 2.54. The highest BCUT2D eigenvalue weighted by Crippen LogP contribution is 2.61. The molecule has 4 N–H and O–H groups in total. The largest absolute Gasteiger partial charge is 0.405 e. The van der Waals surface area contributed by atoms with Crippen molar-refractivity contribution >= 4 is 10.9 Å². The van der Waals surface area contributed by atoms with Crippen LogP contribution in [-0.2, 0) is 6.42 Å². The number of hydrogen-bond acceptors (Lipinski definition) is 3. The molecule has 2 fully saturated rings. The van der Waals surface area contributed by atoms with Gasteiger partial charge in [0.25, 0.3) is 0 Å². The molecule has 0 amide bonds. The number of nitrogens with two attached hydrogens (primary N) is 1. The number of H-pyrrole nitrogens is 1. The number of nitrogens with zero attached hydrogens (tertiary/aromatic N) is 1. The van der Waals surface area contributed by atoms with Gasteiger partial charge in [0.05, 0.1) is 17.8 Å². The Morgan fingerprint density at radius 3 is 2.92 bits per heavy atom. The lowest BCUT2D eigenvalue weighted by Crippen LogP contribution is -2.43. The molecule has 134 valence electrons. The van der Waals surface area contributed by atoms with Crippen molar-refractivity contribution in [3.8, 4) is 0 Å². The molecule has 25 heavy (non-hydrogen) atoms. The molecule has 0 radical (unpaired) electrons. The lowest BCUT2D eigenvalue weighted by Gasteiger charge is -2.50. The second-order valence-electron chi connectivity index (χ2n) is 8.25. The Morgan fingerprint density at radius 2 is 2.12 bits per heavy atom. The molecule has 3 aliphatic carbocycles. The summed E-state index contributed by atoms with van der Waals surface area (Å²) < 4.78 is 0. The Hall–Kier alpha value is -1.81. The predicted octanol–water partition coefficient (Wildman–Crippen LogP) is 3.87. The minimum atomic E-state index is -0.0730. The van der Waals surface area contributed by atoms with Gasteiger partial charge < -0.3 is 10.8 Å². The molecule has 2 aromatic rings. The van der Waals surface area contributed by atoms with Gasteiger partial charge >= 0.3 is 0 Å². The fraction of sp³-hybridized carbons (Fsp3) is 0.571. The molecule has 5 atom stereocenters. The van der Waals surface area contributed by atoms with E-state index in [1.54, 1.807) is 5.56 Å². The van der Waals surface area contributed by atoms with Crippen LogP contribution in [-0.4, -0.2) is 21.4 Å². The van der Waals surface area contributed by atoms with Gasteiger partial charge in [0.15, 0.2) is 0 Å². The van der Waals surface area contributed by atoms with Gasteiger partial charge in [-0.05, 0) is 85.1 Å². The third-order valence-corrected chi connectivity index (χ3v) is 7.29. The quantitative estimate of drug-likeness (QED) is 0.682. The average molecular weight is 339 g/mol. The molecule has 2 saturated carbocycles. The number of nitrogens with one attached hydrogen (secondary N) is 1. The van der Waals surface area contributed by atoms with Crippen LogP contribution in [0.2, 0.25) is 0 Å². The van der Waals surface area contributed by atoms with E-state index in [4.69, 9.17) is 0 Å². The maximum atomic E-state index is 10.5. The van der Waals surface area contributed by atoms with Crippen molar-refractivity contribution in [2.45, 2.75) is 57.5 Å². The third kappa shape index (κ3) is 2.42. The van der Waals surface area contributed by atoms with Crippen LogP contribution < -0.4 is 5.73 Å². The Kier molecular flexibility index (Phi) is 4.11. The van der Waals surface area contributed by atoms with Crippen LogP contribution in [0.3, 0.4) is 0 Å². The van der Waals surface area contributed by atoms with E-state index in [0.29, 0.717) is 5.92 Å². The summed E-state index contributed by atoms with van der Waals surface area (Å²) >= 11 is 0. The normalized spacial score (nSPS) is 35.9. The van der Waals surface area contributed by atoms with Gasteiger partial charge in [0.1, 0.15) is 0 Å². The van der Waals surface area contributed by atoms with Crippen molar-refractivity contribution in [2.75, 3.05) is 0 Å². The fourth-order valence-corrected chi connectivity index (χ4v) is 6.08. The number of aliphatic hydroxyl groups excluding tert-OH is 1. The average Bonchev–Trinajstić information content (AvgIpc) is 3.20. The summed E-state index contributed by atoms with van der Waals surface area (Å²) in [6.07, 6.45) is 10.3. The first kappa shape index (κ1) is 16.6. The van der Waals surface area contributed by atoms with Gasteiger partial charge in [0.2, 0.25) is 0 Å². The van der Waals surface area contributed by atoms with Gasteiger partial charge in [-0.1, -0.05) is 19.6 Å². The first-order chi connectivity index (χ1) is 12.1. The van der Waals surface area contributed by atoms with Crippen LogP contribution in [0.4, 0.5) is 0 Å². The van der Waals surface area contributed by atoms with Crippen LogP contribution >= 0.6 is 0 Å². The number of fused-ring (bicyclic) bond motifs is 7. The van der Waals surface area contributed by atoms with E-state index in [2.05, 4.69) is 41.6 Å². The smallest absolute Gasteiger partial charge is 0.0653 e. The molecular formula is C21H29N3O. The number of aliphatic hydroxyl groups is 1. The molecule has 5 rings (SSSR count). The molecule has 3 aliphatic rings. The first-order valence-corrected chi connectivity index (χ1v) is 9.55. The topological polar surface area (TPSA) is 74.9 Å². The number of aromatic amines is 1. The van der Waals surface area contributed by atoms with Gasteiger partial charge in [-0.15, -0.1) is 0 Å². The van der Waals surface area contributed by atoms with Gasteiger partial charge in [-0.3, -0.25) is 5.10 Å². The molecule has 4 heteroatoms. The van der Waals surface area contributed by atoms with Crippen LogP contribution in [0.1, 0.15) is 56.1 Å². The Labute approximate surface area is 149 Å². The van der Waals surface area contributed by atoms with Crippen LogP contribution in [0.25, 0.3) is 10.9 Å². The summed E-state index contributed by atoms with van der Waals surface area (Å²) in [5, 5.41) is 19.1. The Morgan fingerprint density at radius 1 is 1.32 bits per heavy atom. The zero-order chi connectivity index (χ0) is 17.6. The van der Waals surface area contributed by atoms with Crippen molar-refractivity contribution in [1.29, 1.82) is 0 Å². The van der Waals surface area contributed by atoms with Gasteiger partial charge in [-0.25, -0.2) is 0 Å². The van der Waals surface area contributed by atoms with E-state index in [0.717, 1.165) is 18.3 Å². The molecule has 5 unspecified atom stereocenters. The van der Waals surface area contributed by atoms with Crippen molar-refractivity contribution in [2.24, 2.45) is 23.0 Å². The van der Waals surface area contributed by atoms with Crippen molar-refractivity contribution < 1.29 is 5.11 Å². The van der Waals surface area contributed by atoms with E-state index in [9.17, 15) is 5.11 Å². The Balaban J connectivity index is 0.000000490. The van der Waals surface area contributed by atoms with E-state index in [-0.39, 0.29) is 11.5 Å². The minimum Gasteiger partial charge on any atom is -0.405 e.